The van der Waals surface area contributed by atoms with Gasteiger partial charge in [0.15, 0.2) is 5.92 Å². The lowest BCUT2D eigenvalue weighted by Crippen LogP contribution is -2.30. The van der Waals surface area contributed by atoms with E-state index in [1.807, 2.05) is 0 Å². The van der Waals surface area contributed by atoms with Crippen molar-refractivity contribution in [1.82, 2.24) is 0 Å². The molecular weight excluding hydrogens is 292 g/mol. The lowest BCUT2D eigenvalue weighted by atomic mass is 9.80. The van der Waals surface area contributed by atoms with Crippen molar-refractivity contribution in [1.29, 1.82) is 0 Å². The monoisotopic (exact) mass is 304 g/mol. The van der Waals surface area contributed by atoms with Crippen LogP contribution >= 0.6 is 11.6 Å². The molecule has 0 unspecified atom stereocenters. The van der Waals surface area contributed by atoms with Gasteiger partial charge in [-0.2, -0.15) is 0 Å². The van der Waals surface area contributed by atoms with Crippen LogP contribution in [0.3, 0.4) is 0 Å². The fourth-order valence-corrected chi connectivity index (χ4v) is 2.42. The number of hydrogen-bond donors (Lipinski definition) is 2. The Morgan fingerprint density at radius 2 is 1.29 bits per heavy atom. The summed E-state index contributed by atoms with van der Waals surface area (Å²) < 4.78 is 0. The van der Waals surface area contributed by atoms with Gasteiger partial charge in [-0.3, -0.25) is 9.59 Å². The molecule has 108 valence electrons. The standard InChI is InChI=1S/C16H13ClO4/c17-12-8-6-11(7-9-12)13(10-4-2-1-3-5-10)14(15(18)19)16(20)21/h1-9,13-14H,(H,18,19)(H,20,21)/t13-/m0/s1. The van der Waals surface area contributed by atoms with Crippen LogP contribution in [0.1, 0.15) is 17.0 Å². The normalized spacial score (nSPS) is 12.1. The maximum atomic E-state index is 11.4. The molecule has 0 aliphatic carbocycles. The van der Waals surface area contributed by atoms with Gasteiger partial charge < -0.3 is 10.2 Å². The van der Waals surface area contributed by atoms with Crippen LogP contribution in [-0.2, 0) is 9.59 Å². The Morgan fingerprint density at radius 3 is 1.76 bits per heavy atom. The zero-order valence-corrected chi connectivity index (χ0v) is 11.7. The van der Waals surface area contributed by atoms with E-state index in [1.54, 1.807) is 54.6 Å². The summed E-state index contributed by atoms with van der Waals surface area (Å²) in [6.45, 7) is 0. The molecule has 2 aromatic carbocycles. The van der Waals surface area contributed by atoms with Gasteiger partial charge in [0.1, 0.15) is 0 Å². The molecule has 4 nitrogen and oxygen atoms in total. The van der Waals surface area contributed by atoms with Gasteiger partial charge in [0.05, 0.1) is 0 Å². The third kappa shape index (κ3) is 3.41. The largest absolute Gasteiger partial charge is 0.481 e. The van der Waals surface area contributed by atoms with Crippen LogP contribution in [-0.4, -0.2) is 22.2 Å². The first-order valence-electron chi connectivity index (χ1n) is 6.26. The predicted molar refractivity (Wildman–Crippen MR) is 78.5 cm³/mol. The molecule has 21 heavy (non-hydrogen) atoms. The minimum Gasteiger partial charge on any atom is -0.481 e. The molecule has 0 saturated carbocycles. The van der Waals surface area contributed by atoms with Crippen LogP contribution in [0.2, 0.25) is 5.02 Å². The van der Waals surface area contributed by atoms with E-state index in [0.29, 0.717) is 16.1 Å². The van der Waals surface area contributed by atoms with E-state index in [4.69, 9.17) is 11.6 Å². The number of hydrogen-bond acceptors (Lipinski definition) is 2. The first-order chi connectivity index (χ1) is 10.0. The molecule has 2 rings (SSSR count). The quantitative estimate of drug-likeness (QED) is 0.831. The lowest BCUT2D eigenvalue weighted by Gasteiger charge is -2.22. The van der Waals surface area contributed by atoms with Crippen LogP contribution in [0.15, 0.2) is 54.6 Å². The number of benzene rings is 2. The number of carboxylic acid groups (broad SMARTS) is 2. The molecule has 0 bridgehead atoms. The summed E-state index contributed by atoms with van der Waals surface area (Å²) in [4.78, 5) is 22.8. The summed E-state index contributed by atoms with van der Waals surface area (Å²) in [5.41, 5.74) is 1.23. The lowest BCUT2D eigenvalue weighted by molar-refractivity contribution is -0.155. The summed E-state index contributed by atoms with van der Waals surface area (Å²) in [5, 5.41) is 19.1. The Hall–Kier alpha value is -2.33. The summed E-state index contributed by atoms with van der Waals surface area (Å²) in [6, 6.07) is 15.3. The first-order valence-corrected chi connectivity index (χ1v) is 6.64. The Morgan fingerprint density at radius 1 is 0.810 bits per heavy atom. The number of rotatable bonds is 5. The molecule has 0 aliphatic rings. The maximum Gasteiger partial charge on any atom is 0.318 e. The fourth-order valence-electron chi connectivity index (χ4n) is 2.30. The fraction of sp³-hybridized carbons (Fsp3) is 0.125. The molecule has 0 heterocycles. The van der Waals surface area contributed by atoms with Gasteiger partial charge in [-0.1, -0.05) is 54.1 Å². The van der Waals surface area contributed by atoms with Crippen molar-refractivity contribution >= 4 is 23.5 Å². The minimum absolute atomic E-state index is 0.507. The molecule has 1 atom stereocenters. The molecule has 5 heteroatoms. The average molecular weight is 305 g/mol. The van der Waals surface area contributed by atoms with E-state index < -0.39 is 23.8 Å². The minimum atomic E-state index is -1.56. The van der Waals surface area contributed by atoms with Crippen molar-refractivity contribution in [3.63, 3.8) is 0 Å². The van der Waals surface area contributed by atoms with Gasteiger partial charge in [0, 0.05) is 10.9 Å². The molecule has 0 aromatic heterocycles. The average Bonchev–Trinajstić information content (AvgIpc) is 2.46. The molecule has 0 radical (unpaired) electrons. The highest BCUT2D eigenvalue weighted by Gasteiger charge is 2.36. The van der Waals surface area contributed by atoms with Gasteiger partial charge in [-0.05, 0) is 23.3 Å². The maximum absolute atomic E-state index is 11.4. The van der Waals surface area contributed by atoms with E-state index in [1.165, 1.54) is 0 Å². The van der Waals surface area contributed by atoms with E-state index in [-0.39, 0.29) is 0 Å². The Bertz CT molecular complexity index is 623. The highest BCUT2D eigenvalue weighted by molar-refractivity contribution is 6.30. The van der Waals surface area contributed by atoms with E-state index in [2.05, 4.69) is 0 Å². The smallest absolute Gasteiger partial charge is 0.318 e. The third-order valence-electron chi connectivity index (χ3n) is 3.25. The number of carbonyl (C=O) groups is 2. The van der Waals surface area contributed by atoms with Crippen LogP contribution in [0, 0.1) is 5.92 Å². The van der Waals surface area contributed by atoms with Crippen molar-refractivity contribution in [3.05, 3.63) is 70.7 Å². The van der Waals surface area contributed by atoms with Crippen LogP contribution in [0.5, 0.6) is 0 Å². The molecule has 0 aliphatic heterocycles. The second kappa shape index (κ2) is 6.41. The van der Waals surface area contributed by atoms with Gasteiger partial charge in [-0.25, -0.2) is 0 Å². The van der Waals surface area contributed by atoms with Crippen LogP contribution < -0.4 is 0 Å². The SMILES string of the molecule is O=C(O)C(C(=O)O)[C@@H](c1ccccc1)c1ccc(Cl)cc1. The van der Waals surface area contributed by atoms with Crippen molar-refractivity contribution in [3.8, 4) is 0 Å². The van der Waals surface area contributed by atoms with E-state index >= 15 is 0 Å². The molecule has 0 saturated heterocycles. The van der Waals surface area contributed by atoms with Gasteiger partial charge in [0.25, 0.3) is 0 Å². The predicted octanol–water partition coefficient (Wildman–Crippen LogP) is 3.26. The van der Waals surface area contributed by atoms with Gasteiger partial charge >= 0.3 is 11.9 Å². The molecule has 0 spiro atoms. The summed E-state index contributed by atoms with van der Waals surface area (Å²) in [5.74, 6) is -5.08. The highest BCUT2D eigenvalue weighted by atomic mass is 35.5. The second-order valence-corrected chi connectivity index (χ2v) is 5.03. The molecule has 2 aromatic rings. The number of aliphatic carboxylic acids is 2. The van der Waals surface area contributed by atoms with Crippen molar-refractivity contribution in [2.75, 3.05) is 0 Å². The van der Waals surface area contributed by atoms with E-state index in [9.17, 15) is 19.8 Å². The Kier molecular flexibility index (Phi) is 4.60. The zero-order valence-electron chi connectivity index (χ0n) is 10.9. The molecule has 2 N–H and O–H groups in total. The summed E-state index contributed by atoms with van der Waals surface area (Å²) in [6.07, 6.45) is 0. The number of halogens is 1. The van der Waals surface area contributed by atoms with Crippen LogP contribution in [0.4, 0.5) is 0 Å². The van der Waals surface area contributed by atoms with Crippen LogP contribution in [0.25, 0.3) is 0 Å². The van der Waals surface area contributed by atoms with Crippen molar-refractivity contribution in [2.24, 2.45) is 5.92 Å². The van der Waals surface area contributed by atoms with Crippen molar-refractivity contribution in [2.45, 2.75) is 5.92 Å². The number of carboxylic acids is 2. The summed E-state index contributed by atoms with van der Waals surface area (Å²) >= 11 is 5.83. The van der Waals surface area contributed by atoms with Gasteiger partial charge in [0.2, 0.25) is 0 Å². The highest BCUT2D eigenvalue weighted by Crippen LogP contribution is 2.33. The second-order valence-electron chi connectivity index (χ2n) is 4.59. The van der Waals surface area contributed by atoms with E-state index in [0.717, 1.165) is 0 Å². The Labute approximate surface area is 126 Å². The zero-order chi connectivity index (χ0) is 15.4. The molecular formula is C16H13ClO4. The Balaban J connectivity index is 2.56. The molecule has 0 amide bonds. The van der Waals surface area contributed by atoms with Crippen molar-refractivity contribution < 1.29 is 19.8 Å². The topological polar surface area (TPSA) is 74.6 Å². The third-order valence-corrected chi connectivity index (χ3v) is 3.51. The molecule has 0 fully saturated rings. The summed E-state index contributed by atoms with van der Waals surface area (Å²) in [7, 11) is 0. The van der Waals surface area contributed by atoms with Gasteiger partial charge in [-0.15, -0.1) is 0 Å². The first kappa shape index (κ1) is 15.1.